The van der Waals surface area contributed by atoms with Crippen LogP contribution in [0.2, 0.25) is 0 Å². The van der Waals surface area contributed by atoms with Crippen molar-refractivity contribution in [3.63, 3.8) is 0 Å². The number of carbonyl (C=O) groups is 2. The number of ether oxygens (including phenoxy) is 1. The first kappa shape index (κ1) is 14.7. The summed E-state index contributed by atoms with van der Waals surface area (Å²) in [4.78, 5) is 29.5. The van der Waals surface area contributed by atoms with Crippen molar-refractivity contribution in [3.05, 3.63) is 60.4 Å². The van der Waals surface area contributed by atoms with Crippen molar-refractivity contribution < 1.29 is 14.3 Å². The van der Waals surface area contributed by atoms with E-state index in [-0.39, 0.29) is 11.6 Å². The summed E-state index contributed by atoms with van der Waals surface area (Å²) in [5.41, 5.74) is 0.919. The van der Waals surface area contributed by atoms with Crippen molar-refractivity contribution in [3.8, 4) is 0 Å². The summed E-state index contributed by atoms with van der Waals surface area (Å²) >= 11 is 0. The molecule has 0 fully saturated rings. The maximum Gasteiger partial charge on any atom is 0.357 e. The second-order valence-electron chi connectivity index (χ2n) is 4.50. The van der Waals surface area contributed by atoms with Gasteiger partial charge in [-0.2, -0.15) is 0 Å². The highest BCUT2D eigenvalue weighted by molar-refractivity contribution is 5.98. The fraction of sp³-hybridized carbons (Fsp3) is 0.188. The molecule has 1 atom stereocenters. The van der Waals surface area contributed by atoms with E-state index in [9.17, 15) is 9.59 Å². The van der Waals surface area contributed by atoms with Crippen LogP contribution in [0.3, 0.4) is 0 Å². The number of aromatic nitrogens is 1. The molecule has 2 aromatic rings. The van der Waals surface area contributed by atoms with Gasteiger partial charge in [-0.3, -0.25) is 4.79 Å². The van der Waals surface area contributed by atoms with Crippen LogP contribution in [0.1, 0.15) is 17.4 Å². The highest BCUT2D eigenvalue weighted by Crippen LogP contribution is 2.13. The van der Waals surface area contributed by atoms with E-state index in [1.165, 1.54) is 11.1 Å². The number of hydrogen-bond donors (Lipinski definition) is 0. The summed E-state index contributed by atoms with van der Waals surface area (Å²) in [5, 5.41) is 0. The number of nitrogens with zero attached hydrogens (tertiary/aromatic N) is 2. The number of pyridine rings is 1. The van der Waals surface area contributed by atoms with E-state index in [0.29, 0.717) is 0 Å². The molecular formula is C16H16N2O3. The van der Waals surface area contributed by atoms with Gasteiger partial charge in [0.05, 0.1) is 0 Å². The third-order valence-electron chi connectivity index (χ3n) is 2.98. The van der Waals surface area contributed by atoms with E-state index in [4.69, 9.17) is 4.74 Å². The molecule has 1 amide bonds. The van der Waals surface area contributed by atoms with Gasteiger partial charge >= 0.3 is 5.97 Å². The van der Waals surface area contributed by atoms with Crippen LogP contribution in [0.15, 0.2) is 54.7 Å². The van der Waals surface area contributed by atoms with Crippen LogP contribution in [-0.2, 0) is 9.53 Å². The highest BCUT2D eigenvalue weighted by atomic mass is 16.5. The summed E-state index contributed by atoms with van der Waals surface area (Å²) in [6.07, 6.45) is 0.615. The Labute approximate surface area is 123 Å². The first-order valence-corrected chi connectivity index (χ1v) is 6.54. The summed E-state index contributed by atoms with van der Waals surface area (Å²) in [6, 6.07) is 14.1. The van der Waals surface area contributed by atoms with Gasteiger partial charge in [0.25, 0.3) is 5.91 Å². The smallest absolute Gasteiger partial charge is 0.357 e. The molecule has 0 aliphatic carbocycles. The molecule has 1 aromatic carbocycles. The van der Waals surface area contributed by atoms with Gasteiger partial charge in [0.15, 0.2) is 6.10 Å². The van der Waals surface area contributed by atoms with Crippen LogP contribution in [-0.4, -0.2) is 30.0 Å². The number of rotatable bonds is 4. The van der Waals surface area contributed by atoms with E-state index >= 15 is 0 Å². The lowest BCUT2D eigenvalue weighted by atomic mass is 10.2. The molecule has 21 heavy (non-hydrogen) atoms. The Morgan fingerprint density at radius 1 is 1.10 bits per heavy atom. The lowest BCUT2D eigenvalue weighted by molar-refractivity contribution is -0.126. The second-order valence-corrected chi connectivity index (χ2v) is 4.50. The highest BCUT2D eigenvalue weighted by Gasteiger charge is 2.23. The average molecular weight is 284 g/mol. The average Bonchev–Trinajstić information content (AvgIpc) is 2.55. The van der Waals surface area contributed by atoms with E-state index < -0.39 is 12.1 Å². The number of anilines is 1. The number of likely N-dealkylation sites (N-methyl/N-ethyl adjacent to an activating group) is 1. The molecule has 0 N–H and O–H groups in total. The second kappa shape index (κ2) is 6.65. The minimum atomic E-state index is -0.885. The van der Waals surface area contributed by atoms with Crippen LogP contribution in [0, 0.1) is 0 Å². The molecule has 108 valence electrons. The zero-order valence-electron chi connectivity index (χ0n) is 11.9. The third kappa shape index (κ3) is 3.66. The minimum Gasteiger partial charge on any atom is -0.448 e. The van der Waals surface area contributed by atoms with Crippen LogP contribution >= 0.6 is 0 Å². The van der Waals surface area contributed by atoms with Crippen molar-refractivity contribution in [2.75, 3.05) is 11.9 Å². The maximum absolute atomic E-state index is 12.2. The summed E-state index contributed by atoms with van der Waals surface area (Å²) < 4.78 is 5.15. The molecule has 0 saturated carbocycles. The Morgan fingerprint density at radius 3 is 2.38 bits per heavy atom. The predicted octanol–water partition coefficient (Wildman–Crippen LogP) is 2.29. The monoisotopic (exact) mass is 284 g/mol. The number of para-hydroxylation sites is 1. The third-order valence-corrected chi connectivity index (χ3v) is 2.98. The molecule has 0 aliphatic rings. The maximum atomic E-state index is 12.2. The molecule has 5 nitrogen and oxygen atoms in total. The predicted molar refractivity (Wildman–Crippen MR) is 79.0 cm³/mol. The van der Waals surface area contributed by atoms with Crippen molar-refractivity contribution in [1.29, 1.82) is 0 Å². The van der Waals surface area contributed by atoms with Gasteiger partial charge in [0, 0.05) is 18.9 Å². The lowest BCUT2D eigenvalue weighted by Crippen LogP contribution is -2.37. The van der Waals surface area contributed by atoms with Gasteiger partial charge in [-0.05, 0) is 31.2 Å². The molecule has 0 aliphatic heterocycles. The fourth-order valence-electron chi connectivity index (χ4n) is 1.81. The topological polar surface area (TPSA) is 59.5 Å². The van der Waals surface area contributed by atoms with E-state index in [1.54, 1.807) is 32.2 Å². The van der Waals surface area contributed by atoms with Crippen molar-refractivity contribution in [1.82, 2.24) is 4.98 Å². The Bertz CT molecular complexity index is 614. The minimum absolute atomic E-state index is 0.180. The molecule has 1 aromatic heterocycles. The number of hydrogen-bond acceptors (Lipinski definition) is 4. The molecule has 2 rings (SSSR count). The molecular weight excluding hydrogens is 268 g/mol. The number of carbonyl (C=O) groups excluding carboxylic acids is 2. The van der Waals surface area contributed by atoms with Gasteiger partial charge in [-0.25, -0.2) is 9.78 Å². The molecule has 0 spiro atoms. The van der Waals surface area contributed by atoms with E-state index in [0.717, 1.165) is 5.69 Å². The normalized spacial score (nSPS) is 11.5. The number of esters is 1. The Morgan fingerprint density at radius 2 is 1.76 bits per heavy atom. The largest absolute Gasteiger partial charge is 0.448 e. The van der Waals surface area contributed by atoms with E-state index in [2.05, 4.69) is 4.98 Å². The zero-order valence-corrected chi connectivity index (χ0v) is 11.9. The molecule has 5 heteroatoms. The molecule has 0 radical (unpaired) electrons. The molecule has 0 saturated heterocycles. The fourth-order valence-corrected chi connectivity index (χ4v) is 1.81. The summed E-state index contributed by atoms with van der Waals surface area (Å²) in [5.74, 6) is -0.914. The van der Waals surface area contributed by atoms with E-state index in [1.807, 2.05) is 30.3 Å². The van der Waals surface area contributed by atoms with Crippen LogP contribution < -0.4 is 4.90 Å². The summed E-state index contributed by atoms with van der Waals surface area (Å²) in [7, 11) is 1.64. The van der Waals surface area contributed by atoms with Crippen molar-refractivity contribution in [2.24, 2.45) is 0 Å². The van der Waals surface area contributed by atoms with Gasteiger partial charge in [0.1, 0.15) is 5.69 Å². The van der Waals surface area contributed by atoms with Crippen LogP contribution in [0.5, 0.6) is 0 Å². The standard InChI is InChI=1S/C16H16N2O3/c1-12(21-16(20)14-10-6-7-11-17-14)15(19)18(2)13-8-4-3-5-9-13/h3-12H,1-2H3/t12-/m0/s1. The quantitative estimate of drug-likeness (QED) is 0.808. The van der Waals surface area contributed by atoms with Gasteiger partial charge < -0.3 is 9.64 Å². The Balaban J connectivity index is 2.01. The van der Waals surface area contributed by atoms with Crippen LogP contribution in [0.25, 0.3) is 0 Å². The number of amides is 1. The van der Waals surface area contributed by atoms with Gasteiger partial charge in [-0.15, -0.1) is 0 Å². The van der Waals surface area contributed by atoms with Gasteiger partial charge in [0.2, 0.25) is 0 Å². The zero-order chi connectivity index (χ0) is 15.2. The molecule has 0 bridgehead atoms. The van der Waals surface area contributed by atoms with Crippen molar-refractivity contribution in [2.45, 2.75) is 13.0 Å². The van der Waals surface area contributed by atoms with Gasteiger partial charge in [-0.1, -0.05) is 24.3 Å². The molecule has 1 heterocycles. The Kier molecular flexibility index (Phi) is 4.66. The molecule has 0 unspecified atom stereocenters. The lowest BCUT2D eigenvalue weighted by Gasteiger charge is -2.21. The first-order valence-electron chi connectivity index (χ1n) is 6.54. The summed E-state index contributed by atoms with van der Waals surface area (Å²) in [6.45, 7) is 1.54. The van der Waals surface area contributed by atoms with Crippen molar-refractivity contribution >= 4 is 17.6 Å². The number of benzene rings is 1. The Hall–Kier alpha value is -2.69. The van der Waals surface area contributed by atoms with Crippen LogP contribution in [0.4, 0.5) is 5.69 Å². The SMILES string of the molecule is C[C@H](OC(=O)c1ccccn1)C(=O)N(C)c1ccccc1. The first-order chi connectivity index (χ1) is 10.1.